The van der Waals surface area contributed by atoms with Crippen LogP contribution in [0.15, 0.2) is 36.5 Å². The minimum Gasteiger partial charge on any atom is -0.478 e. The first-order chi connectivity index (χ1) is 18.0. The summed E-state index contributed by atoms with van der Waals surface area (Å²) >= 11 is 0. The molecule has 2 N–H and O–H groups in total. The zero-order chi connectivity index (χ0) is 27.6. The molecule has 0 radical (unpaired) electrons. The molecule has 0 amide bonds. The number of carboxylic acids is 2. The van der Waals surface area contributed by atoms with Crippen LogP contribution < -0.4 is 0 Å². The standard InChI is InChI=1S/C26H36N2O2.C4H4O4/c1-16(2)28-15-18-13-24-22(21-6-5-7-23(28)25(18)21)12-19(14-27(24)4)26(29)30-20-10-8-17(3)9-11-20;5-3(6)1-2-4(7)8/h5-7,15-17,19-20,22,24H,8-14H2,1-4H3;1-2H,(H,5,6)(H,7,8)/b;2-1-/t17?,19-,20?,22?,24?;/m1./s1. The molecule has 2 heterocycles. The Kier molecular flexibility index (Phi) is 8.61. The van der Waals surface area contributed by atoms with Gasteiger partial charge in [-0.2, -0.15) is 0 Å². The largest absolute Gasteiger partial charge is 0.478 e. The normalized spacial score (nSPS) is 27.0. The summed E-state index contributed by atoms with van der Waals surface area (Å²) in [6, 6.07) is 7.69. The van der Waals surface area contributed by atoms with Gasteiger partial charge in [0.15, 0.2) is 0 Å². The van der Waals surface area contributed by atoms with E-state index in [9.17, 15) is 14.4 Å². The van der Waals surface area contributed by atoms with Gasteiger partial charge in [-0.3, -0.25) is 4.79 Å². The molecule has 3 aliphatic rings. The molecule has 3 atom stereocenters. The fourth-order valence-electron chi connectivity index (χ4n) is 6.42. The summed E-state index contributed by atoms with van der Waals surface area (Å²) in [5, 5.41) is 17.1. The van der Waals surface area contributed by atoms with Crippen molar-refractivity contribution in [2.24, 2.45) is 11.8 Å². The molecule has 0 bridgehead atoms. The Bertz CT molecular complexity index is 1190. The third kappa shape index (κ3) is 6.12. The van der Waals surface area contributed by atoms with Crippen LogP contribution in [-0.4, -0.2) is 63.3 Å². The van der Waals surface area contributed by atoms with E-state index in [1.165, 1.54) is 34.9 Å². The van der Waals surface area contributed by atoms with Gasteiger partial charge in [0.05, 0.1) is 5.92 Å². The number of aliphatic carboxylic acids is 2. The Morgan fingerprint density at radius 1 is 1.05 bits per heavy atom. The highest BCUT2D eigenvalue weighted by Crippen LogP contribution is 2.45. The lowest BCUT2D eigenvalue weighted by molar-refractivity contribution is -0.158. The van der Waals surface area contributed by atoms with Crippen LogP contribution in [0.25, 0.3) is 10.9 Å². The van der Waals surface area contributed by atoms with Crippen LogP contribution in [-0.2, 0) is 25.5 Å². The number of carbonyl (C=O) groups is 3. The topological polar surface area (TPSA) is 109 Å². The molecule has 0 spiro atoms. The lowest BCUT2D eigenvalue weighted by atomic mass is 9.72. The van der Waals surface area contributed by atoms with Crippen molar-refractivity contribution >= 4 is 28.8 Å². The van der Waals surface area contributed by atoms with Crippen molar-refractivity contribution in [3.63, 3.8) is 0 Å². The Balaban J connectivity index is 0.000000368. The van der Waals surface area contributed by atoms with Gasteiger partial charge in [-0.05, 0) is 82.5 Å². The number of hydrogen-bond acceptors (Lipinski definition) is 5. The van der Waals surface area contributed by atoms with E-state index in [2.05, 4.69) is 61.7 Å². The van der Waals surface area contributed by atoms with Crippen LogP contribution in [0.1, 0.15) is 76.0 Å². The SMILES string of the molecule is CC1CCC(OC(=O)[C@@H]2CC3c4cccc5c4c(cn5C(C)C)CC3N(C)C2)CC1.O=C(O)/C=C\C(=O)O. The third-order valence-electron chi connectivity index (χ3n) is 8.38. The Hall–Kier alpha value is -3.13. The lowest BCUT2D eigenvalue weighted by Gasteiger charge is -2.45. The van der Waals surface area contributed by atoms with E-state index < -0.39 is 11.9 Å². The lowest BCUT2D eigenvalue weighted by Crippen LogP contribution is -2.50. The highest BCUT2D eigenvalue weighted by atomic mass is 16.5. The van der Waals surface area contributed by atoms with E-state index in [0.717, 1.165) is 38.1 Å². The van der Waals surface area contributed by atoms with Gasteiger partial charge in [-0.25, -0.2) is 9.59 Å². The molecule has 1 aromatic carbocycles. The summed E-state index contributed by atoms with van der Waals surface area (Å²) in [7, 11) is 2.20. The molecule has 5 rings (SSSR count). The van der Waals surface area contributed by atoms with Crippen LogP contribution in [0.3, 0.4) is 0 Å². The minimum absolute atomic E-state index is 0.0143. The highest BCUT2D eigenvalue weighted by molar-refractivity contribution is 5.90. The number of rotatable bonds is 5. The number of fused-ring (bicyclic) bond motifs is 2. The average molecular weight is 525 g/mol. The number of nitrogens with zero attached hydrogens (tertiary/aromatic N) is 2. The van der Waals surface area contributed by atoms with Crippen LogP contribution in [0, 0.1) is 11.8 Å². The zero-order valence-corrected chi connectivity index (χ0v) is 22.8. The highest BCUT2D eigenvalue weighted by Gasteiger charge is 2.42. The second-order valence-corrected chi connectivity index (χ2v) is 11.5. The van der Waals surface area contributed by atoms with Gasteiger partial charge in [0.1, 0.15) is 6.10 Å². The first-order valence-electron chi connectivity index (χ1n) is 13.7. The van der Waals surface area contributed by atoms with Crippen molar-refractivity contribution in [2.45, 2.75) is 83.4 Å². The zero-order valence-electron chi connectivity index (χ0n) is 22.8. The van der Waals surface area contributed by atoms with Gasteiger partial charge in [-0.1, -0.05) is 19.1 Å². The number of piperidine rings is 1. The Morgan fingerprint density at radius 3 is 2.32 bits per heavy atom. The van der Waals surface area contributed by atoms with Crippen LogP contribution in [0.4, 0.5) is 0 Å². The first-order valence-corrected chi connectivity index (χ1v) is 13.7. The number of likely N-dealkylation sites (N-methyl/N-ethyl adjacent to an activating group) is 1. The Labute approximate surface area is 224 Å². The molecule has 2 aliphatic carbocycles. The monoisotopic (exact) mass is 524 g/mol. The van der Waals surface area contributed by atoms with Gasteiger partial charge < -0.3 is 24.4 Å². The van der Waals surface area contributed by atoms with E-state index in [-0.39, 0.29) is 18.0 Å². The molecule has 2 aromatic rings. The Morgan fingerprint density at radius 2 is 1.71 bits per heavy atom. The molecule has 206 valence electrons. The maximum absolute atomic E-state index is 13.1. The van der Waals surface area contributed by atoms with Crippen molar-refractivity contribution in [2.75, 3.05) is 13.6 Å². The predicted octanol–water partition coefficient (Wildman–Crippen LogP) is 5.02. The van der Waals surface area contributed by atoms with Crippen molar-refractivity contribution in [1.29, 1.82) is 0 Å². The van der Waals surface area contributed by atoms with E-state index in [4.69, 9.17) is 14.9 Å². The molecule has 1 aromatic heterocycles. The number of carboxylic acid groups (broad SMARTS) is 2. The summed E-state index contributed by atoms with van der Waals surface area (Å²) < 4.78 is 8.43. The van der Waals surface area contributed by atoms with Gasteiger partial charge in [0.2, 0.25) is 0 Å². The molecule has 1 saturated carbocycles. The number of benzene rings is 1. The molecular formula is C30H40N2O6. The number of likely N-dealkylation sites (tertiary alicyclic amines) is 1. The van der Waals surface area contributed by atoms with Gasteiger partial charge >= 0.3 is 17.9 Å². The van der Waals surface area contributed by atoms with Crippen LogP contribution in [0.2, 0.25) is 0 Å². The molecule has 2 fully saturated rings. The van der Waals surface area contributed by atoms with E-state index >= 15 is 0 Å². The second-order valence-electron chi connectivity index (χ2n) is 11.5. The van der Waals surface area contributed by atoms with Crippen molar-refractivity contribution in [1.82, 2.24) is 9.47 Å². The maximum atomic E-state index is 13.1. The molecular weight excluding hydrogens is 484 g/mol. The van der Waals surface area contributed by atoms with E-state index in [0.29, 0.717) is 30.2 Å². The first kappa shape index (κ1) is 27.9. The van der Waals surface area contributed by atoms with Crippen molar-refractivity contribution in [3.8, 4) is 0 Å². The smallest absolute Gasteiger partial charge is 0.328 e. The van der Waals surface area contributed by atoms with Gasteiger partial charge in [0, 0.05) is 53.8 Å². The van der Waals surface area contributed by atoms with Gasteiger partial charge in [-0.15, -0.1) is 0 Å². The number of aromatic nitrogens is 1. The summed E-state index contributed by atoms with van der Waals surface area (Å²) in [5.41, 5.74) is 4.26. The maximum Gasteiger partial charge on any atom is 0.328 e. The second kappa shape index (κ2) is 11.7. The summed E-state index contributed by atoms with van der Waals surface area (Å²) in [4.78, 5) is 34.6. The third-order valence-corrected chi connectivity index (χ3v) is 8.38. The molecule has 8 heteroatoms. The fourth-order valence-corrected chi connectivity index (χ4v) is 6.42. The fraction of sp³-hybridized carbons (Fsp3) is 0.567. The average Bonchev–Trinajstić information content (AvgIpc) is 3.25. The minimum atomic E-state index is -1.26. The molecule has 2 unspecified atom stereocenters. The van der Waals surface area contributed by atoms with Crippen molar-refractivity contribution < 1.29 is 29.3 Å². The molecule has 8 nitrogen and oxygen atoms in total. The molecule has 1 aliphatic heterocycles. The number of hydrogen-bond donors (Lipinski definition) is 2. The van der Waals surface area contributed by atoms with Crippen LogP contribution in [0.5, 0.6) is 0 Å². The molecule has 38 heavy (non-hydrogen) atoms. The summed E-state index contributed by atoms with van der Waals surface area (Å²) in [6.45, 7) is 7.63. The van der Waals surface area contributed by atoms with Crippen LogP contribution >= 0.6 is 0 Å². The van der Waals surface area contributed by atoms with E-state index in [1.54, 1.807) is 0 Å². The van der Waals surface area contributed by atoms with Crippen molar-refractivity contribution in [3.05, 3.63) is 47.7 Å². The van der Waals surface area contributed by atoms with Gasteiger partial charge in [0.25, 0.3) is 0 Å². The molecule has 1 saturated heterocycles. The number of ether oxygens (including phenoxy) is 1. The number of carbonyl (C=O) groups excluding carboxylic acids is 1. The van der Waals surface area contributed by atoms with E-state index in [1.807, 2.05) is 0 Å². The quantitative estimate of drug-likeness (QED) is 0.418. The summed E-state index contributed by atoms with van der Waals surface area (Å²) in [5.74, 6) is -1.31. The summed E-state index contributed by atoms with van der Waals surface area (Å²) in [6.07, 6.45) is 10.1. The predicted molar refractivity (Wildman–Crippen MR) is 145 cm³/mol. The number of esters is 1.